The van der Waals surface area contributed by atoms with Crippen molar-refractivity contribution in [3.63, 3.8) is 0 Å². The second-order valence-electron chi connectivity index (χ2n) is 6.60. The number of hydrogen-bond donors (Lipinski definition) is 1. The van der Waals surface area contributed by atoms with Crippen LogP contribution in [0.3, 0.4) is 0 Å². The van der Waals surface area contributed by atoms with Gasteiger partial charge in [0.25, 0.3) is 0 Å². The Bertz CT molecular complexity index is 784. The number of likely N-dealkylation sites (tertiary alicyclic amines) is 1. The Labute approximate surface area is 188 Å². The molecule has 1 aromatic heterocycles. The lowest BCUT2D eigenvalue weighted by molar-refractivity contribution is 0.0263. The molecule has 8 heteroatoms. The Balaban J connectivity index is 0.00000300. The van der Waals surface area contributed by atoms with Crippen molar-refractivity contribution in [1.29, 1.82) is 0 Å². The van der Waals surface area contributed by atoms with Crippen LogP contribution in [0, 0.1) is 5.82 Å². The van der Waals surface area contributed by atoms with Crippen molar-refractivity contribution in [3.8, 4) is 11.5 Å². The van der Waals surface area contributed by atoms with Crippen molar-refractivity contribution in [2.45, 2.75) is 32.4 Å². The van der Waals surface area contributed by atoms with Gasteiger partial charge in [0.05, 0.1) is 12.3 Å². The van der Waals surface area contributed by atoms with Gasteiger partial charge >= 0.3 is 0 Å². The van der Waals surface area contributed by atoms with E-state index in [-0.39, 0.29) is 29.7 Å². The summed E-state index contributed by atoms with van der Waals surface area (Å²) in [6.45, 7) is 5.07. The predicted octanol–water partition coefficient (Wildman–Crippen LogP) is 4.21. The highest BCUT2D eigenvalue weighted by Gasteiger charge is 2.21. The first kappa shape index (κ1) is 23.3. The number of ether oxygens (including phenoxy) is 2. The molecule has 1 aromatic carbocycles. The number of benzene rings is 1. The maximum atomic E-state index is 14.4. The van der Waals surface area contributed by atoms with Crippen molar-refractivity contribution < 1.29 is 13.9 Å². The van der Waals surface area contributed by atoms with E-state index in [1.54, 1.807) is 37.6 Å². The lowest BCUT2D eigenvalue weighted by Crippen LogP contribution is -2.46. The average Bonchev–Trinajstić information content (AvgIpc) is 2.72. The summed E-state index contributed by atoms with van der Waals surface area (Å²) in [6, 6.07) is 8.44. The Morgan fingerprint density at radius 3 is 2.72 bits per heavy atom. The molecule has 3 rings (SSSR count). The van der Waals surface area contributed by atoms with E-state index in [1.165, 1.54) is 6.07 Å². The van der Waals surface area contributed by atoms with Crippen LogP contribution in [0.4, 0.5) is 4.39 Å². The normalized spacial score (nSPS) is 15.0. The summed E-state index contributed by atoms with van der Waals surface area (Å²) in [5.74, 6) is 1.10. The fourth-order valence-electron chi connectivity index (χ4n) is 3.25. The van der Waals surface area contributed by atoms with E-state index >= 15 is 0 Å². The fraction of sp³-hybridized carbons (Fsp3) is 0.429. The highest BCUT2D eigenvalue weighted by molar-refractivity contribution is 14.0. The zero-order valence-electron chi connectivity index (χ0n) is 16.8. The molecule has 0 atom stereocenters. The fourth-order valence-corrected chi connectivity index (χ4v) is 3.25. The molecule has 0 radical (unpaired) electrons. The standard InChI is InChI=1S/C21H27FN4O2.HI/c1-3-27-17-8-11-26(12-9-17)21(23-2)25-14-16-6-7-20(19(22)13-16)28-18-5-4-10-24-15-18;/h4-7,10,13,15,17H,3,8-9,11-12,14H2,1-2H3,(H,23,25);1H. The molecule has 0 unspecified atom stereocenters. The zero-order valence-corrected chi connectivity index (χ0v) is 19.1. The van der Waals surface area contributed by atoms with Gasteiger partial charge in [0.2, 0.25) is 0 Å². The highest BCUT2D eigenvalue weighted by atomic mass is 127. The van der Waals surface area contributed by atoms with E-state index in [0.717, 1.165) is 44.1 Å². The van der Waals surface area contributed by atoms with Gasteiger partial charge in [0.1, 0.15) is 5.75 Å². The summed E-state index contributed by atoms with van der Waals surface area (Å²) in [7, 11) is 1.77. The van der Waals surface area contributed by atoms with Crippen LogP contribution < -0.4 is 10.1 Å². The molecule has 6 nitrogen and oxygen atoms in total. The quantitative estimate of drug-likeness (QED) is 0.356. The first-order chi connectivity index (χ1) is 13.7. The summed E-state index contributed by atoms with van der Waals surface area (Å²) >= 11 is 0. The summed E-state index contributed by atoms with van der Waals surface area (Å²) in [5, 5.41) is 3.32. The summed E-state index contributed by atoms with van der Waals surface area (Å²) in [4.78, 5) is 10.5. The molecule has 1 saturated heterocycles. The molecule has 2 aromatic rings. The molecule has 29 heavy (non-hydrogen) atoms. The number of aliphatic imine (C=N–C) groups is 1. The first-order valence-corrected chi connectivity index (χ1v) is 9.63. The van der Waals surface area contributed by atoms with Crippen molar-refractivity contribution in [3.05, 3.63) is 54.1 Å². The maximum absolute atomic E-state index is 14.4. The van der Waals surface area contributed by atoms with Crippen LogP contribution in [-0.2, 0) is 11.3 Å². The van der Waals surface area contributed by atoms with Crippen LogP contribution in [0.1, 0.15) is 25.3 Å². The molecular weight excluding hydrogens is 486 g/mol. The number of guanidine groups is 1. The van der Waals surface area contributed by atoms with Crippen LogP contribution in [0.15, 0.2) is 47.7 Å². The Hall–Kier alpha value is -1.94. The van der Waals surface area contributed by atoms with E-state index in [4.69, 9.17) is 9.47 Å². The second kappa shape index (κ2) is 11.9. The van der Waals surface area contributed by atoms with Gasteiger partial charge in [-0.2, -0.15) is 0 Å². The largest absolute Gasteiger partial charge is 0.453 e. The van der Waals surface area contributed by atoms with Crippen molar-refractivity contribution >= 4 is 29.9 Å². The molecule has 1 N–H and O–H groups in total. The molecule has 1 aliphatic heterocycles. The van der Waals surface area contributed by atoms with Gasteiger partial charge in [0.15, 0.2) is 17.5 Å². The van der Waals surface area contributed by atoms with Crippen LogP contribution in [-0.4, -0.2) is 48.7 Å². The van der Waals surface area contributed by atoms with Crippen LogP contribution in [0.25, 0.3) is 0 Å². The minimum atomic E-state index is -0.407. The van der Waals surface area contributed by atoms with Gasteiger partial charge in [-0.1, -0.05) is 6.07 Å². The van der Waals surface area contributed by atoms with Gasteiger partial charge in [-0.15, -0.1) is 24.0 Å². The van der Waals surface area contributed by atoms with Gasteiger partial charge in [0, 0.05) is 39.5 Å². The first-order valence-electron chi connectivity index (χ1n) is 9.63. The van der Waals surface area contributed by atoms with Crippen LogP contribution >= 0.6 is 24.0 Å². The number of rotatable bonds is 6. The van der Waals surface area contributed by atoms with Crippen LogP contribution in [0.5, 0.6) is 11.5 Å². The average molecular weight is 514 g/mol. The number of piperidine rings is 1. The molecule has 0 amide bonds. The monoisotopic (exact) mass is 514 g/mol. The molecule has 1 fully saturated rings. The van der Waals surface area contributed by atoms with E-state index in [9.17, 15) is 4.39 Å². The second-order valence-corrected chi connectivity index (χ2v) is 6.60. The lowest BCUT2D eigenvalue weighted by Gasteiger charge is -2.34. The molecule has 2 heterocycles. The summed E-state index contributed by atoms with van der Waals surface area (Å²) < 4.78 is 25.6. The van der Waals surface area contributed by atoms with Gasteiger partial charge < -0.3 is 19.7 Å². The van der Waals surface area contributed by atoms with E-state index in [2.05, 4.69) is 20.2 Å². The highest BCUT2D eigenvalue weighted by Crippen LogP contribution is 2.24. The number of halogens is 2. The molecule has 0 bridgehead atoms. The number of aromatic nitrogens is 1. The number of hydrogen-bond acceptors (Lipinski definition) is 4. The van der Waals surface area contributed by atoms with Crippen LogP contribution in [0.2, 0.25) is 0 Å². The summed E-state index contributed by atoms with van der Waals surface area (Å²) in [6.07, 6.45) is 5.51. The topological polar surface area (TPSA) is 59.0 Å². The Morgan fingerprint density at radius 1 is 1.31 bits per heavy atom. The smallest absolute Gasteiger partial charge is 0.193 e. The van der Waals surface area contributed by atoms with Crippen molar-refractivity contribution in [2.75, 3.05) is 26.7 Å². The number of nitrogens with one attached hydrogen (secondary N) is 1. The minimum absolute atomic E-state index is 0. The Kier molecular flexibility index (Phi) is 9.59. The van der Waals surface area contributed by atoms with Gasteiger partial charge in [-0.3, -0.25) is 9.98 Å². The summed E-state index contributed by atoms with van der Waals surface area (Å²) in [5.41, 5.74) is 0.821. The molecule has 1 aliphatic rings. The number of pyridine rings is 1. The SMILES string of the molecule is CCOC1CCN(C(=NC)NCc2ccc(Oc3cccnc3)c(F)c2)CC1.I. The molecule has 158 valence electrons. The molecule has 0 aliphatic carbocycles. The number of nitrogens with zero attached hydrogens (tertiary/aromatic N) is 3. The maximum Gasteiger partial charge on any atom is 0.193 e. The van der Waals surface area contributed by atoms with Crippen molar-refractivity contribution in [1.82, 2.24) is 15.2 Å². The molecular formula is C21H28FIN4O2. The zero-order chi connectivity index (χ0) is 19.8. The lowest BCUT2D eigenvalue weighted by atomic mass is 10.1. The minimum Gasteiger partial charge on any atom is -0.453 e. The molecule has 0 spiro atoms. The van der Waals surface area contributed by atoms with E-state index in [1.807, 2.05) is 13.0 Å². The third-order valence-electron chi connectivity index (χ3n) is 4.66. The third kappa shape index (κ3) is 6.81. The third-order valence-corrected chi connectivity index (χ3v) is 4.66. The van der Waals surface area contributed by atoms with E-state index in [0.29, 0.717) is 18.4 Å². The molecule has 0 saturated carbocycles. The van der Waals surface area contributed by atoms with Gasteiger partial charge in [-0.25, -0.2) is 4.39 Å². The Morgan fingerprint density at radius 2 is 2.10 bits per heavy atom. The predicted molar refractivity (Wildman–Crippen MR) is 123 cm³/mol. The van der Waals surface area contributed by atoms with Crippen molar-refractivity contribution in [2.24, 2.45) is 4.99 Å². The van der Waals surface area contributed by atoms with Gasteiger partial charge in [-0.05, 0) is 49.6 Å². The van der Waals surface area contributed by atoms with E-state index < -0.39 is 5.82 Å².